The fourth-order valence-electron chi connectivity index (χ4n) is 9.60. The second-order valence-electron chi connectivity index (χ2n) is 16.3. The standard InChI is InChI=1S/C58H36N4O2/c1-3-15-36(16-4-1)55-60-56(37-17-5-2-6-18-37)62-57(61-55)39-20-13-19-38(34-39)40-28-29-44(43-23-10-9-22-42(40)43)45-30-31-47(46-27-26-35-14-7-8-21-41(35)52(45)46)58-59-49-32-33-51-53(54(49)64-58)48-24-11-12-25-50(48)63-51/h1-34,58-59H. The van der Waals surface area contributed by atoms with Crippen molar-refractivity contribution >= 4 is 59.9 Å². The van der Waals surface area contributed by atoms with Crippen LogP contribution in [-0.2, 0) is 0 Å². The first-order valence-electron chi connectivity index (χ1n) is 21.5. The molecule has 1 aliphatic rings. The minimum atomic E-state index is -0.393. The molecular formula is C58H36N4O2. The summed E-state index contributed by atoms with van der Waals surface area (Å²) in [4.78, 5) is 15.0. The minimum Gasteiger partial charge on any atom is -0.463 e. The number of anilines is 1. The van der Waals surface area contributed by atoms with E-state index >= 15 is 0 Å². The van der Waals surface area contributed by atoms with Crippen molar-refractivity contribution in [1.82, 2.24) is 15.0 Å². The number of para-hydroxylation sites is 1. The van der Waals surface area contributed by atoms with Crippen molar-refractivity contribution in [2.45, 2.75) is 6.23 Å². The number of furan rings is 1. The summed E-state index contributed by atoms with van der Waals surface area (Å²) in [6.07, 6.45) is -0.393. The Morgan fingerprint density at radius 1 is 0.375 bits per heavy atom. The molecule has 300 valence electrons. The normalized spacial score (nSPS) is 13.4. The number of hydrogen-bond donors (Lipinski definition) is 1. The molecule has 0 amide bonds. The Labute approximate surface area is 368 Å². The van der Waals surface area contributed by atoms with Gasteiger partial charge in [-0.15, -0.1) is 0 Å². The highest BCUT2D eigenvalue weighted by atomic mass is 16.5. The van der Waals surface area contributed by atoms with Gasteiger partial charge in [-0.25, -0.2) is 15.0 Å². The molecule has 0 radical (unpaired) electrons. The second-order valence-corrected chi connectivity index (χ2v) is 16.3. The van der Waals surface area contributed by atoms with Gasteiger partial charge in [0.15, 0.2) is 29.5 Å². The summed E-state index contributed by atoms with van der Waals surface area (Å²) in [6, 6.07) is 71.9. The van der Waals surface area contributed by atoms with E-state index in [4.69, 9.17) is 24.1 Å². The van der Waals surface area contributed by atoms with Gasteiger partial charge in [-0.2, -0.15) is 0 Å². The Bertz CT molecular complexity index is 3750. The van der Waals surface area contributed by atoms with Crippen molar-refractivity contribution in [3.8, 4) is 62.2 Å². The highest BCUT2D eigenvalue weighted by Gasteiger charge is 2.30. The third-order valence-corrected chi connectivity index (χ3v) is 12.6. The molecule has 1 N–H and O–H groups in total. The van der Waals surface area contributed by atoms with E-state index in [-0.39, 0.29) is 0 Å². The van der Waals surface area contributed by atoms with Gasteiger partial charge in [-0.3, -0.25) is 0 Å². The van der Waals surface area contributed by atoms with Crippen LogP contribution in [0.5, 0.6) is 5.75 Å². The zero-order valence-corrected chi connectivity index (χ0v) is 34.4. The van der Waals surface area contributed by atoms with Gasteiger partial charge in [0.25, 0.3) is 0 Å². The van der Waals surface area contributed by atoms with Gasteiger partial charge in [-0.1, -0.05) is 182 Å². The van der Waals surface area contributed by atoms with Crippen molar-refractivity contribution in [3.63, 3.8) is 0 Å². The first kappa shape index (κ1) is 36.1. The zero-order chi connectivity index (χ0) is 42.1. The van der Waals surface area contributed by atoms with Gasteiger partial charge in [0.1, 0.15) is 11.2 Å². The number of nitrogens with one attached hydrogen (secondary N) is 1. The predicted molar refractivity (Wildman–Crippen MR) is 260 cm³/mol. The van der Waals surface area contributed by atoms with Gasteiger partial charge < -0.3 is 14.5 Å². The maximum absolute atomic E-state index is 6.89. The van der Waals surface area contributed by atoms with E-state index in [0.29, 0.717) is 17.5 Å². The molecule has 0 bridgehead atoms. The average Bonchev–Trinajstić information content (AvgIpc) is 3.98. The van der Waals surface area contributed by atoms with Gasteiger partial charge in [-0.05, 0) is 78.8 Å². The molecule has 0 saturated heterocycles. The molecule has 1 atom stereocenters. The zero-order valence-electron chi connectivity index (χ0n) is 34.4. The Hall–Kier alpha value is -8.61. The Morgan fingerprint density at radius 3 is 1.73 bits per heavy atom. The van der Waals surface area contributed by atoms with E-state index in [1.807, 2.05) is 84.9 Å². The molecule has 64 heavy (non-hydrogen) atoms. The maximum Gasteiger partial charge on any atom is 0.197 e. The molecule has 10 aromatic carbocycles. The molecule has 0 spiro atoms. The fourth-order valence-corrected chi connectivity index (χ4v) is 9.60. The van der Waals surface area contributed by atoms with Crippen LogP contribution >= 0.6 is 0 Å². The third kappa shape index (κ3) is 5.84. The Morgan fingerprint density at radius 2 is 0.969 bits per heavy atom. The van der Waals surface area contributed by atoms with Crippen LogP contribution in [0.15, 0.2) is 211 Å². The lowest BCUT2D eigenvalue weighted by molar-refractivity contribution is 0.264. The van der Waals surface area contributed by atoms with Gasteiger partial charge in [0.2, 0.25) is 0 Å². The smallest absolute Gasteiger partial charge is 0.197 e. The number of hydrogen-bond acceptors (Lipinski definition) is 6. The largest absolute Gasteiger partial charge is 0.463 e. The number of nitrogens with zero attached hydrogens (tertiary/aromatic N) is 3. The maximum atomic E-state index is 6.89. The highest BCUT2D eigenvalue weighted by molar-refractivity contribution is 6.19. The van der Waals surface area contributed by atoms with E-state index in [1.165, 1.54) is 21.5 Å². The van der Waals surface area contributed by atoms with Crippen molar-refractivity contribution in [2.75, 3.05) is 5.32 Å². The lowest BCUT2D eigenvalue weighted by Gasteiger charge is -2.20. The average molecular weight is 821 g/mol. The van der Waals surface area contributed by atoms with Gasteiger partial charge in [0.05, 0.1) is 11.1 Å². The summed E-state index contributed by atoms with van der Waals surface area (Å²) in [5.41, 5.74) is 11.0. The van der Waals surface area contributed by atoms with Crippen LogP contribution < -0.4 is 10.1 Å². The van der Waals surface area contributed by atoms with Crippen molar-refractivity contribution in [3.05, 3.63) is 212 Å². The van der Waals surface area contributed by atoms with E-state index < -0.39 is 6.23 Å². The van der Waals surface area contributed by atoms with E-state index in [9.17, 15) is 0 Å². The number of rotatable bonds is 6. The summed E-state index contributed by atoms with van der Waals surface area (Å²) in [7, 11) is 0. The highest BCUT2D eigenvalue weighted by Crippen LogP contribution is 2.49. The van der Waals surface area contributed by atoms with Crippen LogP contribution in [-0.4, -0.2) is 15.0 Å². The summed E-state index contributed by atoms with van der Waals surface area (Å²) >= 11 is 0. The molecule has 12 aromatic rings. The van der Waals surface area contributed by atoms with E-state index in [2.05, 4.69) is 127 Å². The molecular weight excluding hydrogens is 785 g/mol. The quantitative estimate of drug-likeness (QED) is 0.168. The molecule has 0 saturated carbocycles. The molecule has 6 heteroatoms. The van der Waals surface area contributed by atoms with E-state index in [1.54, 1.807) is 0 Å². The first-order valence-corrected chi connectivity index (χ1v) is 21.5. The monoisotopic (exact) mass is 820 g/mol. The van der Waals surface area contributed by atoms with Crippen LogP contribution in [0.2, 0.25) is 0 Å². The van der Waals surface area contributed by atoms with Crippen LogP contribution in [0.1, 0.15) is 11.8 Å². The molecule has 6 nitrogen and oxygen atoms in total. The lowest BCUT2D eigenvalue weighted by Crippen LogP contribution is -2.11. The van der Waals surface area contributed by atoms with Gasteiger partial charge >= 0.3 is 0 Å². The lowest BCUT2D eigenvalue weighted by atomic mass is 9.87. The molecule has 0 aliphatic carbocycles. The van der Waals surface area contributed by atoms with Crippen LogP contribution in [0, 0.1) is 0 Å². The minimum absolute atomic E-state index is 0.393. The topological polar surface area (TPSA) is 73.1 Å². The van der Waals surface area contributed by atoms with Crippen molar-refractivity contribution < 1.29 is 9.15 Å². The van der Waals surface area contributed by atoms with Crippen molar-refractivity contribution in [1.29, 1.82) is 0 Å². The number of benzene rings is 10. The predicted octanol–water partition coefficient (Wildman–Crippen LogP) is 15.1. The third-order valence-electron chi connectivity index (χ3n) is 12.6. The number of ether oxygens (including phenoxy) is 1. The molecule has 2 aromatic heterocycles. The Balaban J connectivity index is 0.937. The SMILES string of the molecule is c1ccc(-c2nc(-c3ccccc3)nc(-c3cccc(-c4ccc(-c5ccc(C6Nc7ccc8oc9ccccc9c8c7O6)c6ccc7ccccc7c56)c5ccccc45)c3)n2)cc1. The molecule has 0 fully saturated rings. The number of aromatic nitrogens is 3. The van der Waals surface area contributed by atoms with Crippen LogP contribution in [0.3, 0.4) is 0 Å². The molecule has 3 heterocycles. The number of fused-ring (bicyclic) bond motifs is 9. The molecule has 1 unspecified atom stereocenters. The van der Waals surface area contributed by atoms with E-state index in [0.717, 1.165) is 88.7 Å². The second kappa shape index (κ2) is 14.5. The summed E-state index contributed by atoms with van der Waals surface area (Å²) in [6.45, 7) is 0. The van der Waals surface area contributed by atoms with Gasteiger partial charge in [0, 0.05) is 27.6 Å². The molecule has 1 aliphatic heterocycles. The fraction of sp³-hybridized carbons (Fsp3) is 0.0172. The Kier molecular flexibility index (Phi) is 8.18. The van der Waals surface area contributed by atoms with Crippen LogP contribution in [0.4, 0.5) is 5.69 Å². The summed E-state index contributed by atoms with van der Waals surface area (Å²) in [5, 5.41) is 12.8. The summed E-state index contributed by atoms with van der Waals surface area (Å²) in [5.74, 6) is 2.72. The van der Waals surface area contributed by atoms with Crippen molar-refractivity contribution in [2.24, 2.45) is 0 Å². The summed E-state index contributed by atoms with van der Waals surface area (Å²) < 4.78 is 13.1. The first-order chi connectivity index (χ1) is 31.7. The molecule has 13 rings (SSSR count). The van der Waals surface area contributed by atoms with Crippen LogP contribution in [0.25, 0.3) is 111 Å².